The standard InChI is InChI=1S/C28H25N7O/c1-19(32-26-13-15-29-25-12-7-14-30-35(25)26)24-16-20-8-6-11-23(21-17-31-33(2)18-21)27(20)28(36)34(24)22-9-4-3-5-10-22/h3-19,29-30H,1-2H3/t19-/m0/s1. The van der Waals surface area contributed by atoms with Crippen molar-refractivity contribution in [1.82, 2.24) is 30.1 Å². The van der Waals surface area contributed by atoms with Gasteiger partial charge in [0.25, 0.3) is 5.56 Å². The molecule has 2 aliphatic rings. The van der Waals surface area contributed by atoms with E-state index in [1.54, 1.807) is 15.4 Å². The molecule has 178 valence electrons. The number of benzene rings is 2. The molecule has 0 spiro atoms. The zero-order chi connectivity index (χ0) is 24.6. The molecule has 36 heavy (non-hydrogen) atoms. The summed E-state index contributed by atoms with van der Waals surface area (Å²) in [5.41, 5.74) is 6.50. The van der Waals surface area contributed by atoms with E-state index in [1.807, 2.05) is 104 Å². The van der Waals surface area contributed by atoms with Crippen molar-refractivity contribution in [3.8, 4) is 16.8 Å². The van der Waals surface area contributed by atoms with E-state index in [0.717, 1.165) is 39.6 Å². The number of amidine groups is 1. The van der Waals surface area contributed by atoms with Gasteiger partial charge in [0.05, 0.1) is 23.3 Å². The Labute approximate surface area is 208 Å². The molecule has 4 aromatic rings. The zero-order valence-corrected chi connectivity index (χ0v) is 20.0. The molecule has 2 N–H and O–H groups in total. The van der Waals surface area contributed by atoms with E-state index in [-0.39, 0.29) is 11.6 Å². The molecule has 2 aromatic heterocycles. The molecule has 8 nitrogen and oxygen atoms in total. The summed E-state index contributed by atoms with van der Waals surface area (Å²) in [5.74, 6) is 1.62. The van der Waals surface area contributed by atoms with Gasteiger partial charge in [-0.1, -0.05) is 36.4 Å². The van der Waals surface area contributed by atoms with Crippen LogP contribution in [-0.4, -0.2) is 25.2 Å². The van der Waals surface area contributed by atoms with Crippen molar-refractivity contribution in [2.45, 2.75) is 13.0 Å². The Hall–Kier alpha value is -4.85. The summed E-state index contributed by atoms with van der Waals surface area (Å²) in [6.45, 7) is 2.01. The van der Waals surface area contributed by atoms with Gasteiger partial charge in [-0.2, -0.15) is 5.10 Å². The van der Waals surface area contributed by atoms with Gasteiger partial charge in [0, 0.05) is 36.9 Å². The summed E-state index contributed by atoms with van der Waals surface area (Å²) in [6.07, 6.45) is 13.2. The predicted octanol–water partition coefficient (Wildman–Crippen LogP) is 4.14. The second-order valence-corrected chi connectivity index (χ2v) is 8.73. The highest BCUT2D eigenvalue weighted by atomic mass is 16.1. The van der Waals surface area contributed by atoms with Crippen LogP contribution in [0.15, 0.2) is 113 Å². The minimum absolute atomic E-state index is 0.0827. The maximum Gasteiger partial charge on any atom is 0.263 e. The van der Waals surface area contributed by atoms with Crippen LogP contribution in [0.2, 0.25) is 0 Å². The van der Waals surface area contributed by atoms with Crippen molar-refractivity contribution >= 4 is 16.6 Å². The van der Waals surface area contributed by atoms with Gasteiger partial charge in [-0.25, -0.2) is 5.01 Å². The number of para-hydroxylation sites is 1. The minimum atomic E-state index is -0.309. The summed E-state index contributed by atoms with van der Waals surface area (Å²) in [5, 5.41) is 10.9. The number of nitrogens with one attached hydrogen (secondary N) is 2. The minimum Gasteiger partial charge on any atom is -0.346 e. The van der Waals surface area contributed by atoms with Crippen LogP contribution >= 0.6 is 0 Å². The Bertz CT molecular complexity index is 1640. The third-order valence-corrected chi connectivity index (χ3v) is 6.35. The highest BCUT2D eigenvalue weighted by molar-refractivity contribution is 5.97. The number of aliphatic imine (C=N–C) groups is 1. The lowest BCUT2D eigenvalue weighted by Gasteiger charge is -2.32. The molecule has 6 rings (SSSR count). The van der Waals surface area contributed by atoms with E-state index in [1.165, 1.54) is 0 Å². The van der Waals surface area contributed by atoms with Crippen LogP contribution in [0.5, 0.6) is 0 Å². The molecule has 4 heterocycles. The molecular weight excluding hydrogens is 450 g/mol. The Morgan fingerprint density at radius 3 is 2.72 bits per heavy atom. The number of nitrogens with zero attached hydrogens (tertiary/aromatic N) is 5. The summed E-state index contributed by atoms with van der Waals surface area (Å²) in [4.78, 5) is 19.2. The summed E-state index contributed by atoms with van der Waals surface area (Å²) < 4.78 is 3.53. The van der Waals surface area contributed by atoms with Crippen LogP contribution < -0.4 is 16.3 Å². The van der Waals surface area contributed by atoms with E-state index < -0.39 is 0 Å². The van der Waals surface area contributed by atoms with Crippen LogP contribution in [0.3, 0.4) is 0 Å². The predicted molar refractivity (Wildman–Crippen MR) is 142 cm³/mol. The van der Waals surface area contributed by atoms with Gasteiger partial charge in [-0.3, -0.25) is 24.5 Å². The molecule has 1 atom stereocenters. The monoisotopic (exact) mass is 475 g/mol. The molecule has 2 aromatic carbocycles. The number of hydrogen-bond donors (Lipinski definition) is 2. The summed E-state index contributed by atoms with van der Waals surface area (Å²) >= 11 is 0. The topological polar surface area (TPSA) is 79.5 Å². The Morgan fingerprint density at radius 1 is 1.06 bits per heavy atom. The second kappa shape index (κ2) is 8.74. The lowest BCUT2D eigenvalue weighted by molar-refractivity contribution is 0.405. The number of aryl methyl sites for hydroxylation is 1. The first-order chi connectivity index (χ1) is 17.6. The van der Waals surface area contributed by atoms with Crippen LogP contribution in [0.4, 0.5) is 0 Å². The van der Waals surface area contributed by atoms with Crippen molar-refractivity contribution in [3.05, 3.63) is 119 Å². The highest BCUT2D eigenvalue weighted by Crippen LogP contribution is 2.30. The van der Waals surface area contributed by atoms with Gasteiger partial charge in [0.15, 0.2) is 5.84 Å². The smallest absolute Gasteiger partial charge is 0.263 e. The fraction of sp³-hybridized carbons (Fsp3) is 0.107. The van der Waals surface area contributed by atoms with Gasteiger partial charge in [0.1, 0.15) is 5.82 Å². The number of allylic oxidation sites excluding steroid dienone is 2. The maximum atomic E-state index is 14.2. The van der Waals surface area contributed by atoms with Gasteiger partial charge in [-0.15, -0.1) is 0 Å². The molecule has 0 unspecified atom stereocenters. The van der Waals surface area contributed by atoms with E-state index in [2.05, 4.69) is 21.9 Å². The molecule has 0 saturated carbocycles. The fourth-order valence-corrected chi connectivity index (χ4v) is 4.68. The molecule has 2 aliphatic heterocycles. The molecule has 0 fully saturated rings. The molecule has 0 saturated heterocycles. The molecular formula is C28H25N7O. The summed E-state index contributed by atoms with van der Waals surface area (Å²) in [7, 11) is 1.87. The van der Waals surface area contributed by atoms with Crippen LogP contribution in [0.1, 0.15) is 18.7 Å². The van der Waals surface area contributed by atoms with Gasteiger partial charge in [0.2, 0.25) is 0 Å². The van der Waals surface area contributed by atoms with E-state index in [4.69, 9.17) is 4.99 Å². The molecule has 0 radical (unpaired) electrons. The Morgan fingerprint density at radius 2 is 1.92 bits per heavy atom. The number of rotatable bonds is 4. The van der Waals surface area contributed by atoms with Crippen molar-refractivity contribution in [1.29, 1.82) is 0 Å². The molecule has 0 bridgehead atoms. The molecule has 8 heteroatoms. The van der Waals surface area contributed by atoms with E-state index >= 15 is 0 Å². The third kappa shape index (κ3) is 3.69. The number of hydrogen-bond acceptors (Lipinski definition) is 5. The maximum absolute atomic E-state index is 14.2. The summed E-state index contributed by atoms with van der Waals surface area (Å²) in [6, 6.07) is 17.4. The average Bonchev–Trinajstić information content (AvgIpc) is 3.35. The lowest BCUT2D eigenvalue weighted by Crippen LogP contribution is -2.45. The normalized spacial score (nSPS) is 16.4. The SMILES string of the molecule is C[C@H](N=C1C=CNC2=CC=CNN21)c1cc2cccc(-c3cnn(C)c3)c2c(=O)n1-c1ccccc1. The van der Waals surface area contributed by atoms with E-state index in [0.29, 0.717) is 5.39 Å². The van der Waals surface area contributed by atoms with Gasteiger partial charge in [-0.05, 0) is 54.3 Å². The average molecular weight is 476 g/mol. The Balaban J connectivity index is 1.56. The first kappa shape index (κ1) is 21.7. The number of pyridine rings is 1. The van der Waals surface area contributed by atoms with Crippen molar-refractivity contribution in [2.24, 2.45) is 12.0 Å². The third-order valence-electron chi connectivity index (χ3n) is 6.35. The zero-order valence-electron chi connectivity index (χ0n) is 20.0. The van der Waals surface area contributed by atoms with Crippen LogP contribution in [0.25, 0.3) is 27.6 Å². The van der Waals surface area contributed by atoms with Gasteiger partial charge >= 0.3 is 0 Å². The van der Waals surface area contributed by atoms with Crippen molar-refractivity contribution in [3.63, 3.8) is 0 Å². The number of hydrazine groups is 1. The fourth-order valence-electron chi connectivity index (χ4n) is 4.68. The van der Waals surface area contributed by atoms with Crippen LogP contribution in [-0.2, 0) is 7.05 Å². The lowest BCUT2D eigenvalue weighted by atomic mass is 10.00. The largest absolute Gasteiger partial charge is 0.346 e. The van der Waals surface area contributed by atoms with Crippen molar-refractivity contribution < 1.29 is 0 Å². The Kier molecular flexibility index (Phi) is 5.26. The second-order valence-electron chi connectivity index (χ2n) is 8.73. The first-order valence-corrected chi connectivity index (χ1v) is 11.8. The molecule has 0 aliphatic carbocycles. The van der Waals surface area contributed by atoms with E-state index in [9.17, 15) is 4.79 Å². The number of fused-ring (bicyclic) bond motifs is 2. The quantitative estimate of drug-likeness (QED) is 0.464. The first-order valence-electron chi connectivity index (χ1n) is 11.8. The molecule has 0 amide bonds. The van der Waals surface area contributed by atoms with Crippen molar-refractivity contribution in [2.75, 3.05) is 0 Å². The van der Waals surface area contributed by atoms with Gasteiger partial charge < -0.3 is 5.32 Å². The van der Waals surface area contributed by atoms with Crippen LogP contribution in [0, 0.1) is 0 Å². The highest BCUT2D eigenvalue weighted by Gasteiger charge is 2.22. The number of aromatic nitrogens is 3.